The summed E-state index contributed by atoms with van der Waals surface area (Å²) >= 11 is 0. The van der Waals surface area contributed by atoms with E-state index in [1.54, 1.807) is 4.90 Å². The van der Waals surface area contributed by atoms with Crippen molar-refractivity contribution in [1.29, 1.82) is 0 Å². The van der Waals surface area contributed by atoms with Crippen LogP contribution in [0.4, 0.5) is 29.1 Å². The largest absolute Gasteiger partial charge is 0.462 e. The molecular formula is C27H32F4N6O2. The molecule has 4 heterocycles. The van der Waals surface area contributed by atoms with Crippen molar-refractivity contribution in [2.75, 3.05) is 62.7 Å². The molecule has 210 valence electrons. The van der Waals surface area contributed by atoms with Gasteiger partial charge in [0, 0.05) is 44.3 Å². The number of amides is 1. The van der Waals surface area contributed by atoms with Crippen LogP contribution in [0.15, 0.2) is 30.9 Å². The van der Waals surface area contributed by atoms with Gasteiger partial charge in [-0.25, -0.2) is 4.39 Å². The molecular weight excluding hydrogens is 516 g/mol. The Morgan fingerprint density at radius 1 is 1.13 bits per heavy atom. The number of benzene rings is 1. The minimum absolute atomic E-state index is 0.0615. The highest BCUT2D eigenvalue weighted by Gasteiger charge is 2.39. The molecule has 3 aliphatic rings. The first-order chi connectivity index (χ1) is 18.7. The Bertz CT molecular complexity index is 1230. The maximum absolute atomic E-state index is 14.3. The molecule has 8 nitrogen and oxygen atoms in total. The summed E-state index contributed by atoms with van der Waals surface area (Å²) in [5.41, 5.74) is -0.0838. The lowest BCUT2D eigenvalue weighted by molar-refractivity contribution is -0.139. The number of anilines is 2. The lowest BCUT2D eigenvalue weighted by Gasteiger charge is -2.38. The Morgan fingerprint density at radius 2 is 1.90 bits per heavy atom. The van der Waals surface area contributed by atoms with Gasteiger partial charge in [-0.2, -0.15) is 23.1 Å². The van der Waals surface area contributed by atoms with Gasteiger partial charge in [-0.1, -0.05) is 12.6 Å². The standard InChI is InChI=1S/C27H32F4N6O2/c1-3-23(38)35-12-14-36(15-13-35)25-19-9-11-37(22-8-4-7-20(28)24(22)27(29,30)31)16-21(19)32-26(33-25)39-17-18-6-5-10-34(18)2/h3-4,7-8,18H,1,5-6,9-17H2,2H3/t18-/m1/s1. The lowest BCUT2D eigenvalue weighted by Crippen LogP contribution is -2.49. The number of ether oxygens (including phenoxy) is 1. The molecule has 0 N–H and O–H groups in total. The fourth-order valence-corrected chi connectivity index (χ4v) is 5.61. The van der Waals surface area contributed by atoms with Crippen LogP contribution in [0.25, 0.3) is 0 Å². The Labute approximate surface area is 224 Å². The predicted octanol–water partition coefficient (Wildman–Crippen LogP) is 3.50. The smallest absolute Gasteiger partial charge is 0.421 e. The molecule has 5 rings (SSSR count). The zero-order valence-corrected chi connectivity index (χ0v) is 21.9. The highest BCUT2D eigenvalue weighted by atomic mass is 19.4. The summed E-state index contributed by atoms with van der Waals surface area (Å²) in [7, 11) is 2.04. The van der Waals surface area contributed by atoms with Gasteiger partial charge >= 0.3 is 12.2 Å². The number of piperazine rings is 1. The topological polar surface area (TPSA) is 65.0 Å². The Morgan fingerprint density at radius 3 is 2.56 bits per heavy atom. The maximum Gasteiger partial charge on any atom is 0.421 e. The fraction of sp³-hybridized carbons (Fsp3) is 0.519. The van der Waals surface area contributed by atoms with Gasteiger partial charge in [0.1, 0.15) is 23.8 Å². The number of carbonyl (C=O) groups is 1. The molecule has 2 fully saturated rings. The van der Waals surface area contributed by atoms with Gasteiger partial charge in [0.25, 0.3) is 0 Å². The van der Waals surface area contributed by atoms with E-state index in [1.807, 2.05) is 7.05 Å². The average molecular weight is 549 g/mol. The first-order valence-corrected chi connectivity index (χ1v) is 13.2. The van der Waals surface area contributed by atoms with Crippen molar-refractivity contribution >= 4 is 17.4 Å². The zero-order chi connectivity index (χ0) is 27.7. The minimum Gasteiger partial charge on any atom is -0.462 e. The first kappa shape index (κ1) is 27.2. The number of carbonyl (C=O) groups excluding carboxylic acids is 1. The third-order valence-electron chi connectivity index (χ3n) is 7.78. The second-order valence-electron chi connectivity index (χ2n) is 10.2. The van der Waals surface area contributed by atoms with Crippen LogP contribution >= 0.6 is 0 Å². The average Bonchev–Trinajstić information content (AvgIpc) is 3.34. The van der Waals surface area contributed by atoms with Crippen molar-refractivity contribution in [2.24, 2.45) is 0 Å². The van der Waals surface area contributed by atoms with Gasteiger partial charge in [0.2, 0.25) is 5.91 Å². The normalized spacial score (nSPS) is 20.2. The number of alkyl halides is 3. The molecule has 0 unspecified atom stereocenters. The van der Waals surface area contributed by atoms with E-state index in [-0.39, 0.29) is 36.7 Å². The van der Waals surface area contributed by atoms with Crippen LogP contribution in [-0.2, 0) is 23.9 Å². The molecule has 1 amide bonds. The van der Waals surface area contributed by atoms with E-state index in [1.165, 1.54) is 23.1 Å². The molecule has 1 atom stereocenters. The van der Waals surface area contributed by atoms with Gasteiger partial charge in [-0.15, -0.1) is 0 Å². The van der Waals surface area contributed by atoms with E-state index in [4.69, 9.17) is 9.72 Å². The number of fused-ring (bicyclic) bond motifs is 1. The third kappa shape index (κ3) is 5.66. The van der Waals surface area contributed by atoms with Gasteiger partial charge in [-0.05, 0) is 51.1 Å². The highest BCUT2D eigenvalue weighted by molar-refractivity contribution is 5.87. The van der Waals surface area contributed by atoms with Crippen molar-refractivity contribution in [3.8, 4) is 6.01 Å². The number of hydrogen-bond donors (Lipinski definition) is 0. The molecule has 1 aromatic heterocycles. The molecule has 2 saturated heterocycles. The van der Waals surface area contributed by atoms with Crippen molar-refractivity contribution < 1.29 is 27.1 Å². The summed E-state index contributed by atoms with van der Waals surface area (Å²) in [6, 6.07) is 3.82. The van der Waals surface area contributed by atoms with Crippen LogP contribution in [0.1, 0.15) is 29.7 Å². The second-order valence-corrected chi connectivity index (χ2v) is 10.2. The van der Waals surface area contributed by atoms with Gasteiger partial charge in [0.15, 0.2) is 0 Å². The predicted molar refractivity (Wildman–Crippen MR) is 138 cm³/mol. The van der Waals surface area contributed by atoms with Crippen LogP contribution in [0.3, 0.4) is 0 Å². The van der Waals surface area contributed by atoms with Crippen LogP contribution in [-0.4, -0.2) is 84.6 Å². The molecule has 0 bridgehead atoms. The van der Waals surface area contributed by atoms with Crippen LogP contribution in [0.5, 0.6) is 6.01 Å². The summed E-state index contributed by atoms with van der Waals surface area (Å²) in [5.74, 6) is -0.753. The highest BCUT2D eigenvalue weighted by Crippen LogP contribution is 2.40. The Balaban J connectivity index is 1.45. The van der Waals surface area contributed by atoms with Crippen LogP contribution in [0, 0.1) is 5.82 Å². The molecule has 1 aromatic carbocycles. The summed E-state index contributed by atoms with van der Waals surface area (Å²) in [4.78, 5) is 29.0. The van der Waals surface area contributed by atoms with E-state index in [0.717, 1.165) is 31.0 Å². The minimum atomic E-state index is -4.83. The Kier molecular flexibility index (Phi) is 7.66. The monoisotopic (exact) mass is 548 g/mol. The lowest BCUT2D eigenvalue weighted by atomic mass is 10.0. The van der Waals surface area contributed by atoms with Crippen molar-refractivity contribution in [2.45, 2.75) is 38.0 Å². The summed E-state index contributed by atoms with van der Waals surface area (Å²) in [6.45, 7) is 7.33. The number of nitrogens with zero attached hydrogens (tertiary/aromatic N) is 6. The number of halogens is 4. The fourth-order valence-electron chi connectivity index (χ4n) is 5.61. The van der Waals surface area contributed by atoms with Gasteiger partial charge < -0.3 is 24.3 Å². The summed E-state index contributed by atoms with van der Waals surface area (Å²) < 4.78 is 61.7. The number of rotatable bonds is 6. The SMILES string of the molecule is C=CC(=O)N1CCN(c2nc(OC[C@H]3CCCN3C)nc3c2CCN(c2cccc(F)c2C(F)(F)F)C3)CC1. The molecule has 3 aliphatic heterocycles. The maximum atomic E-state index is 14.3. The second kappa shape index (κ2) is 11.0. The molecule has 0 radical (unpaired) electrons. The van der Waals surface area contributed by atoms with E-state index >= 15 is 0 Å². The van der Waals surface area contributed by atoms with Crippen molar-refractivity contribution in [1.82, 2.24) is 19.8 Å². The van der Waals surface area contributed by atoms with E-state index in [9.17, 15) is 22.4 Å². The quantitative estimate of drug-likeness (QED) is 0.405. The van der Waals surface area contributed by atoms with Gasteiger partial charge in [-0.3, -0.25) is 4.79 Å². The van der Waals surface area contributed by atoms with E-state index in [2.05, 4.69) is 21.4 Å². The van der Waals surface area contributed by atoms with E-state index in [0.29, 0.717) is 50.7 Å². The van der Waals surface area contributed by atoms with Crippen LogP contribution < -0.4 is 14.5 Å². The van der Waals surface area contributed by atoms with Crippen molar-refractivity contribution in [3.63, 3.8) is 0 Å². The Hall–Kier alpha value is -3.41. The van der Waals surface area contributed by atoms with E-state index < -0.39 is 17.6 Å². The zero-order valence-electron chi connectivity index (χ0n) is 21.9. The molecule has 12 heteroatoms. The summed E-state index contributed by atoms with van der Waals surface area (Å²) in [5, 5.41) is 0. The molecule has 0 spiro atoms. The van der Waals surface area contributed by atoms with Gasteiger partial charge in [0.05, 0.1) is 17.9 Å². The number of aromatic nitrogens is 2. The first-order valence-electron chi connectivity index (χ1n) is 13.2. The third-order valence-corrected chi connectivity index (χ3v) is 7.78. The van der Waals surface area contributed by atoms with Crippen LogP contribution in [0.2, 0.25) is 0 Å². The number of likely N-dealkylation sites (tertiary alicyclic amines) is 1. The molecule has 0 saturated carbocycles. The molecule has 0 aliphatic carbocycles. The summed E-state index contributed by atoms with van der Waals surface area (Å²) in [6.07, 6.45) is -1.07. The number of likely N-dealkylation sites (N-methyl/N-ethyl adjacent to an activating group) is 1. The molecule has 2 aromatic rings. The number of hydrogen-bond acceptors (Lipinski definition) is 7. The molecule has 39 heavy (non-hydrogen) atoms. The van der Waals surface area contributed by atoms with Crippen molar-refractivity contribution in [3.05, 3.63) is 53.5 Å².